The number of benzene rings is 2. The molecule has 0 saturated heterocycles. The fourth-order valence-electron chi connectivity index (χ4n) is 2.80. The number of aromatic nitrogens is 1. The van der Waals surface area contributed by atoms with E-state index in [1.165, 1.54) is 12.3 Å². The summed E-state index contributed by atoms with van der Waals surface area (Å²) in [6.45, 7) is 2.11. The Kier molecular flexibility index (Phi) is 5.01. The average molecular weight is 356 g/mol. The van der Waals surface area contributed by atoms with Crippen LogP contribution in [-0.2, 0) is 16.4 Å². The summed E-state index contributed by atoms with van der Waals surface area (Å²) >= 11 is 0. The molecule has 2 aromatic carbocycles. The van der Waals surface area contributed by atoms with Crippen LogP contribution in [0.25, 0.3) is 10.9 Å². The molecule has 0 aliphatic rings. The quantitative estimate of drug-likeness (QED) is 0.665. The lowest BCUT2D eigenvalue weighted by atomic mass is 10.1. The fourth-order valence-corrected chi connectivity index (χ4v) is 4.05. The van der Waals surface area contributed by atoms with E-state index < -0.39 is 10.0 Å². The van der Waals surface area contributed by atoms with Gasteiger partial charge in [0.25, 0.3) is 0 Å². The van der Waals surface area contributed by atoms with Crippen LogP contribution in [0.1, 0.15) is 17.5 Å². The van der Waals surface area contributed by atoms with Crippen molar-refractivity contribution >= 4 is 20.9 Å². The van der Waals surface area contributed by atoms with Crippen LogP contribution >= 0.6 is 0 Å². The minimum atomic E-state index is -3.80. The molecular formula is C19H20N2O3S. The Morgan fingerprint density at radius 3 is 2.64 bits per heavy atom. The number of phenolic OH excluding ortho intramolecular Hbond substituents is 1. The van der Waals surface area contributed by atoms with Gasteiger partial charge in [-0.2, -0.15) is 0 Å². The lowest BCUT2D eigenvalue weighted by Crippen LogP contribution is -2.25. The van der Waals surface area contributed by atoms with Crippen LogP contribution in [0.5, 0.6) is 5.75 Å². The molecule has 3 aromatic rings. The summed E-state index contributed by atoms with van der Waals surface area (Å²) in [7, 11) is -3.80. The number of nitrogens with one attached hydrogen (secondary N) is 1. The van der Waals surface area contributed by atoms with Gasteiger partial charge >= 0.3 is 0 Å². The van der Waals surface area contributed by atoms with Crippen molar-refractivity contribution in [2.75, 3.05) is 6.54 Å². The van der Waals surface area contributed by atoms with Gasteiger partial charge in [-0.1, -0.05) is 36.4 Å². The highest BCUT2D eigenvalue weighted by atomic mass is 32.2. The number of phenols is 1. The van der Waals surface area contributed by atoms with Crippen LogP contribution in [-0.4, -0.2) is 25.1 Å². The fraction of sp³-hybridized carbons (Fsp3) is 0.211. The number of aromatic hydroxyl groups is 1. The zero-order valence-electron chi connectivity index (χ0n) is 13.9. The number of pyridine rings is 1. The molecule has 0 saturated carbocycles. The first-order chi connectivity index (χ1) is 12.0. The number of hydrogen-bond donors (Lipinski definition) is 2. The van der Waals surface area contributed by atoms with Gasteiger partial charge in [0.2, 0.25) is 10.0 Å². The zero-order chi connectivity index (χ0) is 17.9. The van der Waals surface area contributed by atoms with Crippen molar-refractivity contribution in [3.05, 3.63) is 65.9 Å². The van der Waals surface area contributed by atoms with E-state index in [0.29, 0.717) is 18.5 Å². The van der Waals surface area contributed by atoms with Crippen molar-refractivity contribution in [1.82, 2.24) is 9.71 Å². The smallest absolute Gasteiger partial charge is 0.244 e. The zero-order valence-corrected chi connectivity index (χ0v) is 14.8. The molecule has 1 heterocycles. The van der Waals surface area contributed by atoms with Gasteiger partial charge in [-0.05, 0) is 43.0 Å². The molecule has 0 radical (unpaired) electrons. The van der Waals surface area contributed by atoms with Crippen LogP contribution < -0.4 is 4.72 Å². The van der Waals surface area contributed by atoms with E-state index in [1.807, 2.05) is 30.3 Å². The van der Waals surface area contributed by atoms with Crippen molar-refractivity contribution in [3.8, 4) is 5.75 Å². The summed E-state index contributed by atoms with van der Waals surface area (Å²) in [6, 6.07) is 14.9. The number of aryl methyl sites for hydroxylation is 2. The van der Waals surface area contributed by atoms with Gasteiger partial charge in [-0.25, -0.2) is 13.1 Å². The van der Waals surface area contributed by atoms with E-state index in [9.17, 15) is 13.5 Å². The predicted molar refractivity (Wildman–Crippen MR) is 98.1 cm³/mol. The highest BCUT2D eigenvalue weighted by Crippen LogP contribution is 2.32. The molecule has 0 aliphatic heterocycles. The van der Waals surface area contributed by atoms with Crippen molar-refractivity contribution in [1.29, 1.82) is 0 Å². The monoisotopic (exact) mass is 356 g/mol. The van der Waals surface area contributed by atoms with Gasteiger partial charge in [0.05, 0.1) is 0 Å². The Hall–Kier alpha value is -2.44. The predicted octanol–water partition coefficient (Wildman–Crippen LogP) is 3.16. The maximum absolute atomic E-state index is 12.6. The van der Waals surface area contributed by atoms with Crippen molar-refractivity contribution in [2.24, 2.45) is 0 Å². The Morgan fingerprint density at radius 1 is 1.12 bits per heavy atom. The number of hydrogen-bond acceptors (Lipinski definition) is 4. The third-order valence-corrected chi connectivity index (χ3v) is 5.58. The van der Waals surface area contributed by atoms with E-state index in [1.54, 1.807) is 19.1 Å². The summed E-state index contributed by atoms with van der Waals surface area (Å²) in [5, 5.41) is 11.1. The largest absolute Gasteiger partial charge is 0.504 e. The molecule has 6 heteroatoms. The Labute approximate surface area is 147 Å². The van der Waals surface area contributed by atoms with Crippen LogP contribution in [0.4, 0.5) is 0 Å². The molecule has 0 spiro atoms. The number of sulfonamides is 1. The van der Waals surface area contributed by atoms with Crippen LogP contribution in [0, 0.1) is 6.92 Å². The normalized spacial score (nSPS) is 11.7. The molecule has 1 aromatic heterocycles. The molecule has 5 nitrogen and oxygen atoms in total. The molecule has 0 fully saturated rings. The minimum absolute atomic E-state index is 0.129. The number of fused-ring (bicyclic) bond motifs is 1. The summed E-state index contributed by atoms with van der Waals surface area (Å²) in [4.78, 5) is 3.98. The summed E-state index contributed by atoms with van der Waals surface area (Å²) in [6.07, 6.45) is 2.99. The van der Waals surface area contributed by atoms with E-state index in [4.69, 9.17) is 0 Å². The maximum Gasteiger partial charge on any atom is 0.244 e. The molecule has 0 amide bonds. The first-order valence-electron chi connectivity index (χ1n) is 8.10. The molecule has 0 bridgehead atoms. The summed E-state index contributed by atoms with van der Waals surface area (Å²) < 4.78 is 27.7. The van der Waals surface area contributed by atoms with Gasteiger partial charge in [0.15, 0.2) is 5.75 Å². The van der Waals surface area contributed by atoms with Crippen molar-refractivity contribution in [3.63, 3.8) is 0 Å². The molecule has 0 unspecified atom stereocenters. The van der Waals surface area contributed by atoms with Gasteiger partial charge in [-0.3, -0.25) is 4.98 Å². The molecular weight excluding hydrogens is 336 g/mol. The number of nitrogens with zero attached hydrogens (tertiary/aromatic N) is 1. The SMILES string of the molecule is Cc1cc(S(=O)(=O)NCCCc2ccccc2)c(O)c2ncccc12. The Morgan fingerprint density at radius 2 is 1.88 bits per heavy atom. The van der Waals surface area contributed by atoms with Gasteiger partial charge in [0.1, 0.15) is 10.4 Å². The van der Waals surface area contributed by atoms with Crippen molar-refractivity contribution in [2.45, 2.75) is 24.7 Å². The van der Waals surface area contributed by atoms with E-state index in [0.717, 1.165) is 22.9 Å². The average Bonchev–Trinajstić information content (AvgIpc) is 2.63. The lowest BCUT2D eigenvalue weighted by Gasteiger charge is -2.12. The third-order valence-electron chi connectivity index (χ3n) is 4.10. The maximum atomic E-state index is 12.6. The summed E-state index contributed by atoms with van der Waals surface area (Å²) in [5.41, 5.74) is 2.22. The molecule has 0 aliphatic carbocycles. The summed E-state index contributed by atoms with van der Waals surface area (Å²) in [5.74, 6) is -0.309. The third kappa shape index (κ3) is 3.81. The molecule has 0 atom stereocenters. The van der Waals surface area contributed by atoms with E-state index in [-0.39, 0.29) is 10.6 Å². The molecule has 2 N–H and O–H groups in total. The second-order valence-corrected chi connectivity index (χ2v) is 7.66. The van der Waals surface area contributed by atoms with E-state index in [2.05, 4.69) is 9.71 Å². The first kappa shape index (κ1) is 17.4. The highest BCUT2D eigenvalue weighted by Gasteiger charge is 2.21. The van der Waals surface area contributed by atoms with E-state index >= 15 is 0 Å². The standard InChI is InChI=1S/C19H20N2O3S/c1-14-13-17(19(22)18-16(14)10-6-11-20-18)25(23,24)21-12-5-9-15-7-3-2-4-8-15/h2-4,6-8,10-11,13,21-22H,5,9,12H2,1H3. The topological polar surface area (TPSA) is 79.3 Å². The minimum Gasteiger partial charge on any atom is -0.504 e. The molecule has 25 heavy (non-hydrogen) atoms. The molecule has 130 valence electrons. The van der Waals surface area contributed by atoms with Gasteiger partial charge in [-0.15, -0.1) is 0 Å². The van der Waals surface area contributed by atoms with Gasteiger partial charge in [0, 0.05) is 18.1 Å². The second-order valence-electron chi connectivity index (χ2n) is 5.93. The van der Waals surface area contributed by atoms with Crippen LogP contribution in [0.3, 0.4) is 0 Å². The van der Waals surface area contributed by atoms with Gasteiger partial charge < -0.3 is 5.11 Å². The van der Waals surface area contributed by atoms with Crippen LogP contribution in [0.2, 0.25) is 0 Å². The second kappa shape index (κ2) is 7.21. The number of rotatable bonds is 6. The Balaban J connectivity index is 1.76. The molecule has 3 rings (SSSR count). The van der Waals surface area contributed by atoms with Crippen LogP contribution in [0.15, 0.2) is 59.6 Å². The Bertz CT molecular complexity index is 986. The highest BCUT2D eigenvalue weighted by molar-refractivity contribution is 7.89. The lowest BCUT2D eigenvalue weighted by molar-refractivity contribution is 0.463. The van der Waals surface area contributed by atoms with Crippen molar-refractivity contribution < 1.29 is 13.5 Å². The first-order valence-corrected chi connectivity index (χ1v) is 9.58.